The molecule has 2 N–H and O–H groups in total. The quantitative estimate of drug-likeness (QED) is 0.252. The number of carbonyl (C=O) groups excluding carboxylic acids is 1. The topological polar surface area (TPSA) is 145 Å². The maximum Gasteiger partial charge on any atom is 0.335 e. The SMILES string of the molecule is CC(C)(/C=C(/C#N)C(=O)N1CC[C@@H](n2c(=O)n(-c3ccc(Oc4ccccc4)cc3)c3c(N)ncnc32)C1)N1CCOCC1. The summed E-state index contributed by atoms with van der Waals surface area (Å²) < 4.78 is 14.4. The molecular formula is C32H34N8O4. The molecule has 2 fully saturated rings. The zero-order chi connectivity index (χ0) is 30.8. The number of morpholine rings is 1. The number of aromatic nitrogens is 4. The van der Waals surface area contributed by atoms with Crippen LogP contribution in [0.5, 0.6) is 11.5 Å². The number of nitrogens with zero attached hydrogens (tertiary/aromatic N) is 7. The van der Waals surface area contributed by atoms with Gasteiger partial charge in [-0.05, 0) is 62.7 Å². The van der Waals surface area contributed by atoms with Crippen LogP contribution in [-0.2, 0) is 9.53 Å². The molecule has 0 unspecified atom stereocenters. The number of rotatable bonds is 7. The zero-order valence-corrected chi connectivity index (χ0v) is 24.7. The number of fused-ring (bicyclic) bond motifs is 1. The minimum Gasteiger partial charge on any atom is -0.457 e. The molecular weight excluding hydrogens is 560 g/mol. The minimum atomic E-state index is -0.496. The molecule has 0 saturated carbocycles. The van der Waals surface area contributed by atoms with E-state index in [1.165, 1.54) is 10.9 Å². The third-order valence-electron chi connectivity index (χ3n) is 8.24. The van der Waals surface area contributed by atoms with E-state index in [0.717, 1.165) is 13.1 Å². The standard InChI is InChI=1S/C32H34N8O4/c1-32(2,38-14-16-43-17-15-38)18-22(19-33)30(41)37-13-12-24(20-37)40-29-27(28(34)35-21-36-29)39(31(40)42)23-8-10-26(11-9-23)44-25-6-4-3-5-7-25/h3-11,18,21,24H,12-17,20H2,1-2H3,(H2,34,35,36)/b22-18-/t24-/m1/s1. The highest BCUT2D eigenvalue weighted by atomic mass is 16.5. The van der Waals surface area contributed by atoms with Gasteiger partial charge < -0.3 is 20.1 Å². The molecule has 1 atom stereocenters. The van der Waals surface area contributed by atoms with E-state index in [-0.39, 0.29) is 35.6 Å². The highest BCUT2D eigenvalue weighted by molar-refractivity contribution is 5.97. The number of hydrogen-bond acceptors (Lipinski definition) is 9. The molecule has 2 saturated heterocycles. The molecule has 0 bridgehead atoms. The average molecular weight is 595 g/mol. The summed E-state index contributed by atoms with van der Waals surface area (Å²) in [4.78, 5) is 40.0. The van der Waals surface area contributed by atoms with Gasteiger partial charge in [0.15, 0.2) is 11.5 Å². The van der Waals surface area contributed by atoms with Gasteiger partial charge in [0, 0.05) is 31.7 Å². The highest BCUT2D eigenvalue weighted by Crippen LogP contribution is 2.30. The predicted octanol–water partition coefficient (Wildman–Crippen LogP) is 3.29. The monoisotopic (exact) mass is 594 g/mol. The first kappa shape index (κ1) is 29.1. The number of para-hydroxylation sites is 1. The normalized spacial score (nSPS) is 18.0. The van der Waals surface area contributed by atoms with E-state index >= 15 is 0 Å². The Labute approximate surface area is 254 Å². The summed E-state index contributed by atoms with van der Waals surface area (Å²) >= 11 is 0. The fourth-order valence-electron chi connectivity index (χ4n) is 5.96. The molecule has 2 aliphatic rings. The Hall–Kier alpha value is -4.99. The highest BCUT2D eigenvalue weighted by Gasteiger charge is 2.35. The lowest BCUT2D eigenvalue weighted by molar-refractivity contribution is -0.125. The number of imidazole rings is 1. The number of hydrogen-bond donors (Lipinski definition) is 1. The summed E-state index contributed by atoms with van der Waals surface area (Å²) in [5.74, 6) is 1.13. The van der Waals surface area contributed by atoms with E-state index in [4.69, 9.17) is 15.2 Å². The Morgan fingerprint density at radius 2 is 1.77 bits per heavy atom. The van der Waals surface area contributed by atoms with Crippen LogP contribution in [0.15, 0.2) is 77.4 Å². The molecule has 226 valence electrons. The van der Waals surface area contributed by atoms with Crippen LogP contribution in [-0.4, -0.2) is 79.7 Å². The lowest BCUT2D eigenvalue weighted by Crippen LogP contribution is -2.49. The number of ether oxygens (including phenoxy) is 2. The van der Waals surface area contributed by atoms with Gasteiger partial charge in [0.25, 0.3) is 5.91 Å². The van der Waals surface area contributed by atoms with Crippen LogP contribution in [0.2, 0.25) is 0 Å². The molecule has 1 amide bonds. The summed E-state index contributed by atoms with van der Waals surface area (Å²) in [5, 5.41) is 9.94. The largest absolute Gasteiger partial charge is 0.457 e. The van der Waals surface area contributed by atoms with Crippen LogP contribution in [0.1, 0.15) is 26.3 Å². The van der Waals surface area contributed by atoms with Crippen LogP contribution in [0.25, 0.3) is 16.9 Å². The molecule has 0 spiro atoms. The van der Waals surface area contributed by atoms with Gasteiger partial charge in [0.1, 0.15) is 35.0 Å². The first-order valence-corrected chi connectivity index (χ1v) is 14.6. The first-order chi connectivity index (χ1) is 21.3. The number of nitrogen functional groups attached to an aromatic ring is 1. The summed E-state index contributed by atoms with van der Waals surface area (Å²) in [6, 6.07) is 18.3. The number of benzene rings is 2. The lowest BCUT2D eigenvalue weighted by atomic mass is 9.98. The van der Waals surface area contributed by atoms with Crippen molar-refractivity contribution in [1.29, 1.82) is 5.26 Å². The molecule has 2 aromatic heterocycles. The van der Waals surface area contributed by atoms with Gasteiger partial charge in [0.05, 0.1) is 24.9 Å². The Kier molecular flexibility index (Phi) is 7.90. The van der Waals surface area contributed by atoms with E-state index in [1.54, 1.807) is 39.8 Å². The first-order valence-electron chi connectivity index (χ1n) is 14.6. The molecule has 2 aromatic carbocycles. The van der Waals surface area contributed by atoms with Crippen molar-refractivity contribution in [3.8, 4) is 23.3 Å². The number of nitrogens with two attached hydrogens (primary N) is 1. The Morgan fingerprint density at radius 3 is 2.48 bits per heavy atom. The molecule has 4 aromatic rings. The Balaban J connectivity index is 1.28. The molecule has 0 aliphatic carbocycles. The molecule has 2 aliphatic heterocycles. The second kappa shape index (κ2) is 11.9. The zero-order valence-electron chi connectivity index (χ0n) is 24.7. The molecule has 6 rings (SSSR count). The fourth-order valence-corrected chi connectivity index (χ4v) is 5.96. The maximum atomic E-state index is 14.0. The van der Waals surface area contributed by atoms with E-state index in [2.05, 4.69) is 20.9 Å². The number of nitriles is 1. The fraction of sp³-hybridized carbons (Fsp3) is 0.344. The van der Waals surface area contributed by atoms with Crippen LogP contribution in [0.3, 0.4) is 0 Å². The number of anilines is 1. The number of carbonyl (C=O) groups is 1. The van der Waals surface area contributed by atoms with Gasteiger partial charge in [-0.1, -0.05) is 18.2 Å². The average Bonchev–Trinajstić information content (AvgIpc) is 3.64. The van der Waals surface area contributed by atoms with Gasteiger partial charge in [-0.25, -0.2) is 14.8 Å². The summed E-state index contributed by atoms with van der Waals surface area (Å²) in [5.41, 5.74) is 6.89. The molecule has 44 heavy (non-hydrogen) atoms. The van der Waals surface area contributed by atoms with Crippen molar-refractivity contribution in [2.24, 2.45) is 0 Å². The van der Waals surface area contributed by atoms with Crippen LogP contribution in [0, 0.1) is 11.3 Å². The van der Waals surface area contributed by atoms with Crippen molar-refractivity contribution in [2.45, 2.75) is 31.8 Å². The van der Waals surface area contributed by atoms with Crippen LogP contribution < -0.4 is 16.2 Å². The van der Waals surface area contributed by atoms with Crippen molar-refractivity contribution < 1.29 is 14.3 Å². The van der Waals surface area contributed by atoms with E-state index in [0.29, 0.717) is 54.5 Å². The maximum absolute atomic E-state index is 14.0. The van der Waals surface area contributed by atoms with Gasteiger partial charge in [-0.2, -0.15) is 5.26 Å². The smallest absolute Gasteiger partial charge is 0.335 e. The summed E-state index contributed by atoms with van der Waals surface area (Å²) in [7, 11) is 0. The van der Waals surface area contributed by atoms with Gasteiger partial charge in [0.2, 0.25) is 0 Å². The van der Waals surface area contributed by atoms with Crippen molar-refractivity contribution in [3.63, 3.8) is 0 Å². The molecule has 0 radical (unpaired) electrons. The van der Waals surface area contributed by atoms with Crippen molar-refractivity contribution >= 4 is 22.9 Å². The second-order valence-electron chi connectivity index (χ2n) is 11.4. The van der Waals surface area contributed by atoms with E-state index < -0.39 is 5.54 Å². The minimum absolute atomic E-state index is 0.0845. The number of likely N-dealkylation sites (tertiary alicyclic amines) is 1. The van der Waals surface area contributed by atoms with Crippen molar-refractivity contribution in [2.75, 3.05) is 45.1 Å². The number of amides is 1. The van der Waals surface area contributed by atoms with Crippen molar-refractivity contribution in [3.05, 3.63) is 83.1 Å². The Morgan fingerprint density at radius 1 is 1.07 bits per heavy atom. The van der Waals surface area contributed by atoms with Gasteiger partial charge in [-0.3, -0.25) is 18.8 Å². The molecule has 12 nitrogen and oxygen atoms in total. The lowest BCUT2D eigenvalue weighted by Gasteiger charge is -2.39. The van der Waals surface area contributed by atoms with Gasteiger partial charge in [-0.15, -0.1) is 0 Å². The third-order valence-corrected chi connectivity index (χ3v) is 8.24. The van der Waals surface area contributed by atoms with Crippen LogP contribution in [0.4, 0.5) is 5.82 Å². The summed E-state index contributed by atoms with van der Waals surface area (Å²) in [6.07, 6.45) is 3.59. The van der Waals surface area contributed by atoms with Crippen molar-refractivity contribution in [1.82, 2.24) is 28.9 Å². The Bertz CT molecular complexity index is 1800. The third kappa shape index (κ3) is 5.55. The van der Waals surface area contributed by atoms with Crippen LogP contribution >= 0.6 is 0 Å². The van der Waals surface area contributed by atoms with E-state index in [1.807, 2.05) is 44.2 Å². The molecule has 4 heterocycles. The molecule has 12 heteroatoms. The second-order valence-corrected chi connectivity index (χ2v) is 11.4. The van der Waals surface area contributed by atoms with Gasteiger partial charge >= 0.3 is 5.69 Å². The predicted molar refractivity (Wildman–Crippen MR) is 164 cm³/mol. The van der Waals surface area contributed by atoms with E-state index in [9.17, 15) is 14.9 Å². The summed E-state index contributed by atoms with van der Waals surface area (Å²) in [6.45, 7) is 7.31.